The zero-order chi connectivity index (χ0) is 17.3. The summed E-state index contributed by atoms with van der Waals surface area (Å²) in [7, 11) is 3.33. The lowest BCUT2D eigenvalue weighted by Gasteiger charge is -2.30. The van der Waals surface area contributed by atoms with Gasteiger partial charge in [0.2, 0.25) is 0 Å². The van der Waals surface area contributed by atoms with Crippen molar-refractivity contribution in [3.8, 4) is 0 Å². The number of carbonyl (C=O) groups excluding carboxylic acids is 2. The predicted octanol–water partition coefficient (Wildman–Crippen LogP) is -1.53. The predicted molar refractivity (Wildman–Crippen MR) is 81.9 cm³/mol. The quantitative estimate of drug-likeness (QED) is 0.687. The molecule has 0 saturated heterocycles. The number of imidazole rings is 1. The van der Waals surface area contributed by atoms with E-state index in [4.69, 9.17) is 4.74 Å². The number of quaternary nitrogens is 1. The second-order valence-electron chi connectivity index (χ2n) is 6.02. The number of esters is 1. The lowest BCUT2D eigenvalue weighted by Crippen LogP contribution is -3.15. The number of aromatic carboxylic acids is 1. The molecule has 0 bridgehead atoms. The molecule has 3 rings (SSSR count). The van der Waals surface area contributed by atoms with Crippen molar-refractivity contribution in [3.05, 3.63) is 53.1 Å². The van der Waals surface area contributed by atoms with Gasteiger partial charge in [0.25, 0.3) is 0 Å². The lowest BCUT2D eigenvalue weighted by molar-refractivity contribution is -0.946. The van der Waals surface area contributed by atoms with Gasteiger partial charge in [0.05, 0.1) is 37.2 Å². The van der Waals surface area contributed by atoms with Crippen LogP contribution in [-0.2, 0) is 36.1 Å². The third-order valence-electron chi connectivity index (χ3n) is 4.54. The number of aryl methyl sites for hydroxylation is 1. The molecule has 1 aliphatic rings. The van der Waals surface area contributed by atoms with Crippen LogP contribution in [0.4, 0.5) is 0 Å². The van der Waals surface area contributed by atoms with E-state index < -0.39 is 5.97 Å². The summed E-state index contributed by atoms with van der Waals surface area (Å²) in [5.41, 5.74) is 3.14. The number of methoxy groups -OCH3 is 1. The van der Waals surface area contributed by atoms with Crippen molar-refractivity contribution >= 4 is 11.9 Å². The first-order valence-electron chi connectivity index (χ1n) is 7.71. The number of benzene rings is 1. The maximum atomic E-state index is 12.2. The van der Waals surface area contributed by atoms with Crippen molar-refractivity contribution in [1.29, 1.82) is 0 Å². The highest BCUT2D eigenvalue weighted by atomic mass is 16.5. The summed E-state index contributed by atoms with van der Waals surface area (Å²) in [5.74, 6) is -1.45. The number of fused-ring (bicyclic) bond motifs is 1. The number of nitrogens with zero attached hydrogens (tertiary/aromatic N) is 2. The molecule has 7 nitrogen and oxygen atoms in total. The highest BCUT2D eigenvalue weighted by molar-refractivity contribution is 5.85. The Balaban J connectivity index is 1.84. The largest absolute Gasteiger partial charge is 0.545 e. The summed E-state index contributed by atoms with van der Waals surface area (Å²) in [5, 5.41) is 10.8. The van der Waals surface area contributed by atoms with Crippen LogP contribution < -0.4 is 10.0 Å². The van der Waals surface area contributed by atoms with E-state index in [-0.39, 0.29) is 17.6 Å². The molecule has 24 heavy (non-hydrogen) atoms. The summed E-state index contributed by atoms with van der Waals surface area (Å²) in [6.07, 6.45) is 2.30. The van der Waals surface area contributed by atoms with Crippen LogP contribution in [0.1, 0.15) is 27.3 Å². The molecule has 0 fully saturated rings. The maximum absolute atomic E-state index is 12.2. The Bertz CT molecular complexity index is 767. The van der Waals surface area contributed by atoms with Gasteiger partial charge in [0.1, 0.15) is 13.1 Å². The third-order valence-corrected chi connectivity index (χ3v) is 4.54. The monoisotopic (exact) mass is 329 g/mol. The Morgan fingerprint density at radius 2 is 2.08 bits per heavy atom. The molecule has 0 radical (unpaired) electrons. The molecule has 0 spiro atoms. The molecule has 0 aliphatic carbocycles. The van der Waals surface area contributed by atoms with Gasteiger partial charge in [-0.1, -0.05) is 24.3 Å². The van der Waals surface area contributed by atoms with Crippen molar-refractivity contribution in [3.63, 3.8) is 0 Å². The van der Waals surface area contributed by atoms with E-state index in [0.29, 0.717) is 19.5 Å². The topological polar surface area (TPSA) is 88.7 Å². The standard InChI is InChI=1S/C17H19N3O4/c1-19-10-18-13-7-14(17(23)24-2)20(9-15(13)19)8-11-3-5-12(6-4-11)16(21)22/h3-6,10,14H,7-9H2,1-2H3,(H,21,22)/t14-/m0/s1. The van der Waals surface area contributed by atoms with Crippen molar-refractivity contribution in [2.45, 2.75) is 25.6 Å². The number of carboxylic acid groups (broad SMARTS) is 1. The Labute approximate surface area is 139 Å². The van der Waals surface area contributed by atoms with E-state index >= 15 is 0 Å². The minimum absolute atomic E-state index is 0.144. The van der Waals surface area contributed by atoms with Gasteiger partial charge in [-0.05, 0) is 5.56 Å². The van der Waals surface area contributed by atoms with Crippen LogP contribution in [0.25, 0.3) is 0 Å². The van der Waals surface area contributed by atoms with E-state index in [2.05, 4.69) is 4.98 Å². The van der Waals surface area contributed by atoms with Gasteiger partial charge >= 0.3 is 5.97 Å². The fraction of sp³-hybridized carbons (Fsp3) is 0.353. The number of carbonyl (C=O) groups is 2. The molecular weight excluding hydrogens is 310 g/mol. The molecule has 2 heterocycles. The fourth-order valence-electron chi connectivity index (χ4n) is 3.18. The van der Waals surface area contributed by atoms with Crippen LogP contribution in [0.5, 0.6) is 0 Å². The minimum atomic E-state index is -1.20. The minimum Gasteiger partial charge on any atom is -0.545 e. The Morgan fingerprint density at radius 1 is 1.38 bits per heavy atom. The molecule has 2 aromatic rings. The van der Waals surface area contributed by atoms with E-state index in [9.17, 15) is 14.7 Å². The summed E-state index contributed by atoms with van der Waals surface area (Å²) in [4.78, 5) is 28.4. The number of rotatable bonds is 4. The van der Waals surface area contributed by atoms with E-state index in [1.807, 2.05) is 11.6 Å². The van der Waals surface area contributed by atoms with Crippen molar-refractivity contribution in [2.75, 3.05) is 7.11 Å². The maximum Gasteiger partial charge on any atom is 0.365 e. The van der Waals surface area contributed by atoms with Crippen molar-refractivity contribution < 1.29 is 24.3 Å². The summed E-state index contributed by atoms with van der Waals surface area (Å²) in [6.45, 7) is 1.26. The second-order valence-corrected chi connectivity index (χ2v) is 6.02. The van der Waals surface area contributed by atoms with Gasteiger partial charge in [0, 0.05) is 12.6 Å². The average Bonchev–Trinajstić information content (AvgIpc) is 2.94. The smallest absolute Gasteiger partial charge is 0.365 e. The first-order valence-corrected chi connectivity index (χ1v) is 7.71. The number of hydrogen-bond donors (Lipinski definition) is 1. The van der Waals surface area contributed by atoms with E-state index in [0.717, 1.165) is 21.9 Å². The summed E-state index contributed by atoms with van der Waals surface area (Å²) < 4.78 is 6.92. The van der Waals surface area contributed by atoms with Crippen LogP contribution in [-0.4, -0.2) is 34.6 Å². The molecule has 7 heteroatoms. The summed E-state index contributed by atoms with van der Waals surface area (Å²) >= 11 is 0. The Morgan fingerprint density at radius 3 is 2.71 bits per heavy atom. The van der Waals surface area contributed by atoms with E-state index in [1.165, 1.54) is 19.2 Å². The second kappa shape index (κ2) is 6.45. The number of ether oxygens (including phenoxy) is 1. The van der Waals surface area contributed by atoms with Crippen molar-refractivity contribution in [1.82, 2.24) is 9.55 Å². The SMILES string of the molecule is COC(=O)[C@@H]1Cc2ncn(C)c2C[NH+]1Cc1ccc(C(=O)[O-])cc1. The Hall–Kier alpha value is -2.67. The highest BCUT2D eigenvalue weighted by Crippen LogP contribution is 2.13. The number of aromatic nitrogens is 2. The molecule has 1 unspecified atom stereocenters. The van der Waals surface area contributed by atoms with Crippen LogP contribution in [0.3, 0.4) is 0 Å². The summed E-state index contributed by atoms with van der Waals surface area (Å²) in [6, 6.07) is 6.24. The molecule has 1 aromatic heterocycles. The van der Waals surface area contributed by atoms with Gasteiger partial charge in [-0.3, -0.25) is 0 Å². The number of carboxylic acids is 1. The molecule has 1 N–H and O–H groups in total. The molecule has 126 valence electrons. The first kappa shape index (κ1) is 16.2. The Kier molecular flexibility index (Phi) is 4.35. The molecular formula is C17H19N3O4. The number of hydrogen-bond acceptors (Lipinski definition) is 5. The van der Waals surface area contributed by atoms with Crippen LogP contribution in [0.2, 0.25) is 0 Å². The van der Waals surface area contributed by atoms with Gasteiger partial charge in [0.15, 0.2) is 6.04 Å². The molecule has 0 saturated carbocycles. The first-order chi connectivity index (χ1) is 11.5. The lowest BCUT2D eigenvalue weighted by atomic mass is 10.0. The molecule has 0 amide bonds. The highest BCUT2D eigenvalue weighted by Gasteiger charge is 2.38. The third kappa shape index (κ3) is 3.03. The van der Waals surface area contributed by atoms with E-state index in [1.54, 1.807) is 18.5 Å². The van der Waals surface area contributed by atoms with Crippen LogP contribution >= 0.6 is 0 Å². The van der Waals surface area contributed by atoms with Gasteiger partial charge in [-0.2, -0.15) is 0 Å². The fourth-order valence-corrected chi connectivity index (χ4v) is 3.18. The van der Waals surface area contributed by atoms with Crippen molar-refractivity contribution in [2.24, 2.45) is 7.05 Å². The van der Waals surface area contributed by atoms with Crippen LogP contribution in [0, 0.1) is 0 Å². The molecule has 1 aliphatic heterocycles. The van der Waals surface area contributed by atoms with Gasteiger partial charge in [-0.25, -0.2) is 9.78 Å². The zero-order valence-electron chi connectivity index (χ0n) is 13.6. The van der Waals surface area contributed by atoms with Crippen LogP contribution in [0.15, 0.2) is 30.6 Å². The molecule has 1 aromatic carbocycles. The zero-order valence-corrected chi connectivity index (χ0v) is 13.6. The van der Waals surface area contributed by atoms with Gasteiger partial charge in [-0.15, -0.1) is 0 Å². The van der Waals surface area contributed by atoms with Gasteiger partial charge < -0.3 is 24.1 Å². The average molecular weight is 329 g/mol. The number of nitrogens with one attached hydrogen (secondary N) is 1. The normalized spacial score (nSPS) is 19.6. The molecule has 2 atom stereocenters.